The lowest BCUT2D eigenvalue weighted by molar-refractivity contribution is -0.134. The van der Waals surface area contributed by atoms with E-state index >= 15 is 8.42 Å². The van der Waals surface area contributed by atoms with Crippen LogP contribution in [0.5, 0.6) is 17.2 Å². The number of amides is 1. The van der Waals surface area contributed by atoms with E-state index in [4.69, 9.17) is 24.0 Å². The SMILES string of the molecule is COc1ccc(CN(Cc2ccc(OC)cc2)S(=O)(=O)c2c(CCC(F)(F)F)ccc(-c3ccc(C4CCN(C(=O)OC(C)(C)C)CC4)cc3)c2-c2nnn(Cc3ccc(OC)cc3)n2)cc1. The summed E-state index contributed by atoms with van der Waals surface area (Å²) in [5, 5.41) is 13.4. The minimum absolute atomic E-state index is 0.0218. The zero-order valence-corrected chi connectivity index (χ0v) is 39.2. The van der Waals surface area contributed by atoms with Crippen LogP contribution in [0.25, 0.3) is 22.5 Å². The first-order valence-electron chi connectivity index (χ1n) is 21.9. The molecule has 1 fully saturated rings. The number of alkyl halides is 3. The van der Waals surface area contributed by atoms with Crippen molar-refractivity contribution >= 4 is 16.1 Å². The van der Waals surface area contributed by atoms with Crippen LogP contribution in [0, 0.1) is 0 Å². The van der Waals surface area contributed by atoms with Crippen molar-refractivity contribution in [1.82, 2.24) is 29.4 Å². The molecular formula is C50H55F3N6O7S. The zero-order valence-electron chi connectivity index (χ0n) is 38.4. The third kappa shape index (κ3) is 12.3. The first-order valence-corrected chi connectivity index (χ1v) is 23.3. The summed E-state index contributed by atoms with van der Waals surface area (Å²) < 4.78 is 96.7. The topological polar surface area (TPSA) is 138 Å². The Bertz CT molecular complexity index is 2670. The van der Waals surface area contributed by atoms with Gasteiger partial charge in [0, 0.05) is 32.6 Å². The van der Waals surface area contributed by atoms with Gasteiger partial charge in [-0.15, -0.1) is 10.2 Å². The minimum atomic E-state index is -4.71. The van der Waals surface area contributed by atoms with Gasteiger partial charge in [-0.25, -0.2) is 13.2 Å². The van der Waals surface area contributed by atoms with Crippen LogP contribution in [0.3, 0.4) is 0 Å². The molecule has 1 aliphatic rings. The molecule has 17 heteroatoms. The number of rotatable bonds is 16. The number of nitrogens with zero attached hydrogens (tertiary/aromatic N) is 6. The molecule has 0 bridgehead atoms. The average Bonchev–Trinajstić information content (AvgIpc) is 3.78. The second-order valence-electron chi connectivity index (χ2n) is 17.4. The van der Waals surface area contributed by atoms with Crippen LogP contribution in [0.2, 0.25) is 0 Å². The van der Waals surface area contributed by atoms with Crippen LogP contribution >= 0.6 is 0 Å². The van der Waals surface area contributed by atoms with Crippen molar-refractivity contribution < 1.29 is 45.3 Å². The molecule has 1 aliphatic heterocycles. The lowest BCUT2D eigenvalue weighted by atomic mass is 9.88. The Morgan fingerprint density at radius 3 is 1.75 bits per heavy atom. The molecule has 0 atom stereocenters. The number of methoxy groups -OCH3 is 3. The summed E-state index contributed by atoms with van der Waals surface area (Å²) in [6.07, 6.45) is -5.43. The molecule has 1 amide bonds. The van der Waals surface area contributed by atoms with Gasteiger partial charge in [0.25, 0.3) is 0 Å². The second-order valence-corrected chi connectivity index (χ2v) is 19.3. The van der Waals surface area contributed by atoms with Crippen molar-refractivity contribution in [3.8, 4) is 39.8 Å². The second kappa shape index (κ2) is 20.6. The van der Waals surface area contributed by atoms with Gasteiger partial charge in [0.1, 0.15) is 22.8 Å². The smallest absolute Gasteiger partial charge is 0.410 e. The number of hydrogen-bond donors (Lipinski definition) is 0. The van der Waals surface area contributed by atoms with E-state index < -0.39 is 34.6 Å². The molecule has 5 aromatic carbocycles. The number of tetrazole rings is 1. The van der Waals surface area contributed by atoms with Gasteiger partial charge in [-0.1, -0.05) is 72.8 Å². The van der Waals surface area contributed by atoms with Crippen LogP contribution in [-0.4, -0.2) is 90.1 Å². The third-order valence-electron chi connectivity index (χ3n) is 11.6. The summed E-state index contributed by atoms with van der Waals surface area (Å²) in [6.45, 7) is 6.42. The number of carbonyl (C=O) groups is 1. The highest BCUT2D eigenvalue weighted by Gasteiger charge is 2.36. The van der Waals surface area contributed by atoms with Gasteiger partial charge in [-0.3, -0.25) is 0 Å². The number of aryl methyl sites for hydroxylation is 1. The maximum absolute atomic E-state index is 15.7. The number of likely N-dealkylation sites (tertiary alicyclic amines) is 1. The normalized spacial score (nSPS) is 13.7. The van der Waals surface area contributed by atoms with Crippen molar-refractivity contribution in [2.75, 3.05) is 34.4 Å². The highest BCUT2D eigenvalue weighted by molar-refractivity contribution is 7.89. The van der Waals surface area contributed by atoms with Crippen LogP contribution in [-0.2, 0) is 40.8 Å². The van der Waals surface area contributed by atoms with Crippen LogP contribution in [0.4, 0.5) is 18.0 Å². The fourth-order valence-electron chi connectivity index (χ4n) is 8.04. The summed E-state index contributed by atoms with van der Waals surface area (Å²) in [6, 6.07) is 31.8. The zero-order chi connectivity index (χ0) is 47.9. The molecule has 67 heavy (non-hydrogen) atoms. The Hall–Kier alpha value is -6.46. The van der Waals surface area contributed by atoms with Crippen molar-refractivity contribution in [3.05, 3.63) is 137 Å². The summed E-state index contributed by atoms with van der Waals surface area (Å²) in [5.74, 6) is 1.84. The number of aromatic nitrogens is 4. The van der Waals surface area contributed by atoms with Gasteiger partial charge in [0.05, 0.1) is 38.3 Å². The first-order chi connectivity index (χ1) is 31.9. The van der Waals surface area contributed by atoms with Crippen molar-refractivity contribution in [2.45, 2.75) is 88.7 Å². The van der Waals surface area contributed by atoms with E-state index in [1.165, 1.54) is 29.4 Å². The maximum atomic E-state index is 15.7. The number of benzene rings is 5. The van der Waals surface area contributed by atoms with E-state index in [1.807, 2.05) is 57.2 Å². The standard InChI is InChI=1S/C50H55F3N6O7S/c1-49(2,3)66-48(60)57-29-26-38(27-30-57)37-13-15-39(16-14-37)44-24-17-40(25-28-50(51,52)53)46(45(44)47-54-56-59(55-47)33-36-11-22-43(65-6)23-12-36)67(61,62)58(31-34-7-18-41(63-4)19-8-34)32-35-9-20-42(64-5)21-10-35/h7-24,38H,25-33H2,1-6H3. The van der Waals surface area contributed by atoms with E-state index in [9.17, 15) is 18.0 Å². The largest absolute Gasteiger partial charge is 0.497 e. The van der Waals surface area contributed by atoms with Gasteiger partial charge in [-0.05, 0) is 127 Å². The predicted octanol–water partition coefficient (Wildman–Crippen LogP) is 10.1. The lowest BCUT2D eigenvalue weighted by Gasteiger charge is -2.33. The number of carbonyl (C=O) groups excluding carboxylic acids is 1. The van der Waals surface area contributed by atoms with Crippen LogP contribution in [0.1, 0.15) is 73.8 Å². The van der Waals surface area contributed by atoms with E-state index in [0.29, 0.717) is 65.4 Å². The first kappa shape index (κ1) is 48.5. The highest BCUT2D eigenvalue weighted by atomic mass is 32.2. The molecule has 1 aromatic heterocycles. The fourth-order valence-corrected chi connectivity index (χ4v) is 9.90. The van der Waals surface area contributed by atoms with E-state index in [0.717, 1.165) is 11.1 Å². The highest BCUT2D eigenvalue weighted by Crippen LogP contribution is 2.42. The maximum Gasteiger partial charge on any atom is 0.410 e. The number of ether oxygens (including phenoxy) is 4. The number of halogens is 3. The van der Waals surface area contributed by atoms with Gasteiger partial charge in [-0.2, -0.15) is 22.3 Å². The number of piperidine rings is 1. The van der Waals surface area contributed by atoms with E-state index in [2.05, 4.69) is 10.3 Å². The summed E-state index contributed by atoms with van der Waals surface area (Å²) in [7, 11) is -0.0982. The summed E-state index contributed by atoms with van der Waals surface area (Å²) in [4.78, 5) is 15.5. The third-order valence-corrected chi connectivity index (χ3v) is 13.5. The molecule has 0 aliphatic carbocycles. The van der Waals surface area contributed by atoms with Crippen molar-refractivity contribution in [2.24, 2.45) is 0 Å². The monoisotopic (exact) mass is 940 g/mol. The Kier molecular flexibility index (Phi) is 14.9. The fraction of sp³-hybridized carbons (Fsp3) is 0.360. The van der Waals surface area contributed by atoms with Crippen molar-refractivity contribution in [1.29, 1.82) is 0 Å². The molecule has 0 N–H and O–H groups in total. The van der Waals surface area contributed by atoms with Gasteiger partial charge < -0.3 is 23.8 Å². The van der Waals surface area contributed by atoms with E-state index in [-0.39, 0.29) is 53.5 Å². The molecule has 0 unspecified atom stereocenters. The average molecular weight is 941 g/mol. The molecule has 2 heterocycles. The Morgan fingerprint density at radius 1 is 0.731 bits per heavy atom. The van der Waals surface area contributed by atoms with Gasteiger partial charge in [0.2, 0.25) is 15.8 Å². The molecule has 1 saturated heterocycles. The molecular weight excluding hydrogens is 886 g/mol. The Labute approximate surface area is 389 Å². The summed E-state index contributed by atoms with van der Waals surface area (Å²) in [5.41, 5.74) is 3.40. The minimum Gasteiger partial charge on any atom is -0.497 e. The predicted molar refractivity (Wildman–Crippen MR) is 247 cm³/mol. The molecule has 6 aromatic rings. The molecule has 354 valence electrons. The molecule has 0 radical (unpaired) electrons. The Balaban J connectivity index is 1.35. The van der Waals surface area contributed by atoms with Crippen LogP contribution < -0.4 is 14.2 Å². The molecule has 13 nitrogen and oxygen atoms in total. The number of hydrogen-bond acceptors (Lipinski definition) is 10. The molecule has 7 rings (SSSR count). The Morgan fingerprint density at radius 2 is 1.25 bits per heavy atom. The van der Waals surface area contributed by atoms with Crippen LogP contribution in [0.15, 0.2) is 114 Å². The summed E-state index contributed by atoms with van der Waals surface area (Å²) >= 11 is 0. The lowest BCUT2D eigenvalue weighted by Crippen LogP contribution is -2.41. The molecule has 0 spiro atoms. The van der Waals surface area contributed by atoms with E-state index in [1.54, 1.807) is 78.7 Å². The quantitative estimate of drug-likeness (QED) is 0.0922. The number of sulfonamides is 1. The van der Waals surface area contributed by atoms with Gasteiger partial charge in [0.15, 0.2) is 0 Å². The molecule has 0 saturated carbocycles. The van der Waals surface area contributed by atoms with Gasteiger partial charge >= 0.3 is 12.3 Å². The van der Waals surface area contributed by atoms with Crippen molar-refractivity contribution in [3.63, 3.8) is 0 Å².